The number of anilines is 1. The number of hydrogen-bond acceptors (Lipinski definition) is 2. The lowest BCUT2D eigenvalue weighted by molar-refractivity contribution is -0.127. The highest BCUT2D eigenvalue weighted by atomic mass is 35.5. The summed E-state index contributed by atoms with van der Waals surface area (Å²) in [6.07, 6.45) is 4.31. The van der Waals surface area contributed by atoms with Crippen molar-refractivity contribution in [1.82, 2.24) is 10.2 Å². The minimum absolute atomic E-state index is 0.0463. The fourth-order valence-electron chi connectivity index (χ4n) is 4.01. The maximum Gasteiger partial charge on any atom is 0.321 e. The molecule has 3 amide bonds. The Kier molecular flexibility index (Phi) is 4.48. The van der Waals surface area contributed by atoms with Crippen molar-refractivity contribution >= 4 is 29.2 Å². The molecule has 5 nitrogen and oxygen atoms in total. The predicted molar refractivity (Wildman–Crippen MR) is 90.5 cm³/mol. The van der Waals surface area contributed by atoms with Crippen molar-refractivity contribution < 1.29 is 9.59 Å². The fraction of sp³-hybridized carbons (Fsp3) is 0.529. The standard InChI is InChI=1S/C17H22ClN3O2/c1-19-15(22)14-10-21(11-17(14)7-2-3-8-17)16(23)20-13-6-4-5-12(18)9-13/h4-6,9,14H,2-3,7-8,10-11H2,1H3,(H,19,22)(H,20,23)/t14-/m1/s1. The van der Waals surface area contributed by atoms with Crippen LogP contribution in [0.1, 0.15) is 25.7 Å². The minimum atomic E-state index is -0.162. The maximum absolute atomic E-state index is 12.6. The number of nitrogens with zero attached hydrogens (tertiary/aromatic N) is 1. The topological polar surface area (TPSA) is 61.4 Å². The van der Waals surface area contributed by atoms with Crippen LogP contribution in [-0.2, 0) is 4.79 Å². The zero-order valence-electron chi connectivity index (χ0n) is 13.3. The van der Waals surface area contributed by atoms with Gasteiger partial charge >= 0.3 is 6.03 Å². The van der Waals surface area contributed by atoms with Crippen molar-refractivity contribution in [3.63, 3.8) is 0 Å². The van der Waals surface area contributed by atoms with Gasteiger partial charge in [0.2, 0.25) is 5.91 Å². The number of hydrogen-bond donors (Lipinski definition) is 2. The molecule has 0 radical (unpaired) electrons. The van der Waals surface area contributed by atoms with Crippen LogP contribution in [0.5, 0.6) is 0 Å². The van der Waals surface area contributed by atoms with Crippen LogP contribution in [0.2, 0.25) is 5.02 Å². The Balaban J connectivity index is 1.73. The van der Waals surface area contributed by atoms with E-state index in [1.807, 2.05) is 0 Å². The van der Waals surface area contributed by atoms with Gasteiger partial charge in [-0.05, 0) is 31.0 Å². The highest BCUT2D eigenvalue weighted by Gasteiger charge is 2.52. The lowest BCUT2D eigenvalue weighted by atomic mass is 9.76. The Bertz CT molecular complexity index is 614. The van der Waals surface area contributed by atoms with Gasteiger partial charge in [-0.1, -0.05) is 30.5 Å². The summed E-state index contributed by atoms with van der Waals surface area (Å²) in [6, 6.07) is 6.93. The molecule has 1 saturated carbocycles. The monoisotopic (exact) mass is 335 g/mol. The SMILES string of the molecule is CNC(=O)[C@H]1CN(C(=O)Nc2cccc(Cl)c2)CC12CCCC2. The Morgan fingerprint density at radius 1 is 1.30 bits per heavy atom. The highest BCUT2D eigenvalue weighted by Crippen LogP contribution is 2.49. The molecule has 1 aliphatic carbocycles. The number of benzene rings is 1. The van der Waals surface area contributed by atoms with Crippen molar-refractivity contribution in [1.29, 1.82) is 0 Å². The van der Waals surface area contributed by atoms with Gasteiger partial charge in [-0.25, -0.2) is 4.79 Å². The zero-order chi connectivity index (χ0) is 16.4. The van der Waals surface area contributed by atoms with Crippen molar-refractivity contribution in [2.75, 3.05) is 25.5 Å². The molecule has 23 heavy (non-hydrogen) atoms. The highest BCUT2D eigenvalue weighted by molar-refractivity contribution is 6.30. The summed E-state index contributed by atoms with van der Waals surface area (Å²) in [5.41, 5.74) is 0.623. The number of carbonyl (C=O) groups is 2. The molecule has 2 N–H and O–H groups in total. The average Bonchev–Trinajstić information content (AvgIpc) is 3.15. The van der Waals surface area contributed by atoms with Gasteiger partial charge in [-0.3, -0.25) is 4.79 Å². The number of urea groups is 1. The van der Waals surface area contributed by atoms with Gasteiger partial charge < -0.3 is 15.5 Å². The van der Waals surface area contributed by atoms with Gasteiger partial charge in [0.15, 0.2) is 0 Å². The predicted octanol–water partition coefficient (Wildman–Crippen LogP) is 3.11. The molecule has 3 rings (SSSR count). The Labute approximate surface area is 141 Å². The van der Waals surface area contributed by atoms with E-state index in [-0.39, 0.29) is 23.3 Å². The molecule has 1 heterocycles. The van der Waals surface area contributed by atoms with E-state index in [0.717, 1.165) is 25.7 Å². The first-order chi connectivity index (χ1) is 11.0. The number of carbonyl (C=O) groups excluding carboxylic acids is 2. The Hall–Kier alpha value is -1.75. The lowest BCUT2D eigenvalue weighted by Gasteiger charge is -2.28. The second-order valence-electron chi connectivity index (χ2n) is 6.56. The van der Waals surface area contributed by atoms with Crippen LogP contribution in [-0.4, -0.2) is 37.0 Å². The largest absolute Gasteiger partial charge is 0.359 e. The van der Waals surface area contributed by atoms with Gasteiger partial charge in [0.25, 0.3) is 0 Å². The number of halogens is 1. The zero-order valence-corrected chi connectivity index (χ0v) is 14.0. The van der Waals surface area contributed by atoms with E-state index in [1.54, 1.807) is 36.2 Å². The Morgan fingerprint density at radius 3 is 2.70 bits per heavy atom. The number of nitrogens with one attached hydrogen (secondary N) is 2. The van der Waals surface area contributed by atoms with Crippen LogP contribution < -0.4 is 10.6 Å². The van der Waals surface area contributed by atoms with Crippen molar-refractivity contribution in [2.45, 2.75) is 25.7 Å². The lowest BCUT2D eigenvalue weighted by Crippen LogP contribution is -2.38. The Morgan fingerprint density at radius 2 is 2.04 bits per heavy atom. The van der Waals surface area contributed by atoms with Crippen LogP contribution in [0.25, 0.3) is 0 Å². The summed E-state index contributed by atoms with van der Waals surface area (Å²) in [5, 5.41) is 6.22. The molecular weight excluding hydrogens is 314 g/mol. The molecule has 1 aromatic rings. The van der Waals surface area contributed by atoms with Gasteiger partial charge in [-0.15, -0.1) is 0 Å². The van der Waals surface area contributed by atoms with E-state index in [1.165, 1.54) is 0 Å². The van der Waals surface area contributed by atoms with Crippen LogP contribution in [0.15, 0.2) is 24.3 Å². The molecule has 1 spiro atoms. The molecule has 6 heteroatoms. The van der Waals surface area contributed by atoms with Crippen LogP contribution in [0.3, 0.4) is 0 Å². The number of likely N-dealkylation sites (tertiary alicyclic amines) is 1. The first-order valence-electron chi connectivity index (χ1n) is 8.07. The van der Waals surface area contributed by atoms with Crippen molar-refractivity contribution in [3.8, 4) is 0 Å². The van der Waals surface area contributed by atoms with Gasteiger partial charge in [0.05, 0.1) is 5.92 Å². The third-order valence-electron chi connectivity index (χ3n) is 5.17. The molecule has 1 atom stereocenters. The average molecular weight is 336 g/mol. The summed E-state index contributed by atoms with van der Waals surface area (Å²) in [4.78, 5) is 26.6. The number of rotatable bonds is 2. The van der Waals surface area contributed by atoms with Gasteiger partial charge in [-0.2, -0.15) is 0 Å². The van der Waals surface area contributed by atoms with Crippen molar-refractivity contribution in [2.24, 2.45) is 11.3 Å². The van der Waals surface area contributed by atoms with E-state index in [9.17, 15) is 9.59 Å². The van der Waals surface area contributed by atoms with E-state index in [2.05, 4.69) is 10.6 Å². The second-order valence-corrected chi connectivity index (χ2v) is 6.99. The van der Waals surface area contributed by atoms with Crippen LogP contribution in [0.4, 0.5) is 10.5 Å². The van der Waals surface area contributed by atoms with Crippen LogP contribution >= 0.6 is 11.6 Å². The van der Waals surface area contributed by atoms with E-state index in [0.29, 0.717) is 23.8 Å². The first-order valence-corrected chi connectivity index (χ1v) is 8.45. The molecule has 124 valence electrons. The molecule has 2 fully saturated rings. The summed E-state index contributed by atoms with van der Waals surface area (Å²) in [5.74, 6) is -0.0648. The van der Waals surface area contributed by atoms with E-state index >= 15 is 0 Å². The maximum atomic E-state index is 12.6. The number of amides is 3. The minimum Gasteiger partial charge on any atom is -0.359 e. The molecule has 0 bridgehead atoms. The molecule has 1 aliphatic heterocycles. The summed E-state index contributed by atoms with van der Waals surface area (Å²) in [6.45, 7) is 1.13. The quantitative estimate of drug-likeness (QED) is 0.872. The van der Waals surface area contributed by atoms with Crippen LogP contribution in [0, 0.1) is 11.3 Å². The molecule has 1 aromatic carbocycles. The van der Waals surface area contributed by atoms with Crippen molar-refractivity contribution in [3.05, 3.63) is 29.3 Å². The summed E-state index contributed by atoms with van der Waals surface area (Å²) >= 11 is 5.95. The molecule has 0 aromatic heterocycles. The second kappa shape index (κ2) is 6.40. The summed E-state index contributed by atoms with van der Waals surface area (Å²) < 4.78 is 0. The fourth-order valence-corrected chi connectivity index (χ4v) is 4.20. The van der Waals surface area contributed by atoms with Gasteiger partial charge in [0, 0.05) is 36.3 Å². The van der Waals surface area contributed by atoms with E-state index < -0.39 is 0 Å². The first kappa shape index (κ1) is 16.1. The van der Waals surface area contributed by atoms with Gasteiger partial charge in [0.1, 0.15) is 0 Å². The van der Waals surface area contributed by atoms with E-state index in [4.69, 9.17) is 11.6 Å². The normalized spacial score (nSPS) is 22.3. The molecule has 1 saturated heterocycles. The molecule has 2 aliphatic rings. The third-order valence-corrected chi connectivity index (χ3v) is 5.41. The smallest absolute Gasteiger partial charge is 0.321 e. The third kappa shape index (κ3) is 3.15. The molecular formula is C17H22ClN3O2. The molecule has 0 unspecified atom stereocenters. The summed E-state index contributed by atoms with van der Waals surface area (Å²) in [7, 11) is 1.67.